The number of halogens is 1. The van der Waals surface area contributed by atoms with Gasteiger partial charge in [0.05, 0.1) is 0 Å². The molecule has 0 N–H and O–H groups in total. The van der Waals surface area contributed by atoms with E-state index in [1.165, 1.54) is 0 Å². The fourth-order valence-electron chi connectivity index (χ4n) is 2.02. The molecule has 0 aliphatic rings. The molecule has 1 unspecified atom stereocenters. The molecule has 0 radical (unpaired) electrons. The first kappa shape index (κ1) is 14.0. The first-order valence-corrected chi connectivity index (χ1v) is 6.40. The summed E-state index contributed by atoms with van der Waals surface area (Å²) < 4.78 is 14.6. The van der Waals surface area contributed by atoms with Crippen molar-refractivity contribution >= 4 is 5.78 Å². The van der Waals surface area contributed by atoms with Crippen LogP contribution in [0.5, 0.6) is 0 Å². The molecule has 0 aliphatic heterocycles. The molecule has 0 bridgehead atoms. The Morgan fingerprint density at radius 1 is 1.05 bits per heavy atom. The highest BCUT2D eigenvalue weighted by molar-refractivity contribution is 5.96. The molecule has 0 spiro atoms. The van der Waals surface area contributed by atoms with Crippen LogP contribution in [-0.2, 0) is 5.67 Å². The van der Waals surface area contributed by atoms with Crippen LogP contribution in [0.3, 0.4) is 0 Å². The summed E-state index contributed by atoms with van der Waals surface area (Å²) >= 11 is 0. The van der Waals surface area contributed by atoms with Gasteiger partial charge >= 0.3 is 0 Å². The molecule has 1 atom stereocenters. The number of nitrogens with zero attached hydrogens (tertiary/aromatic N) is 1. The average molecular weight is 267 g/mol. The van der Waals surface area contributed by atoms with Crippen LogP contribution < -0.4 is 0 Å². The fourth-order valence-corrected chi connectivity index (χ4v) is 2.02. The van der Waals surface area contributed by atoms with E-state index in [-0.39, 0.29) is 18.6 Å². The Hall–Kier alpha value is -2.47. The second-order valence-corrected chi connectivity index (χ2v) is 4.57. The monoisotopic (exact) mass is 267 g/mol. The van der Waals surface area contributed by atoms with Gasteiger partial charge in [-0.25, -0.2) is 4.39 Å². The number of alkyl halides is 1. The fraction of sp³-hybridized carbons (Fsp3) is 0.176. The molecule has 0 aromatic heterocycles. The minimum Gasteiger partial charge on any atom is -0.294 e. The zero-order valence-electron chi connectivity index (χ0n) is 10.9. The maximum atomic E-state index is 14.6. The maximum Gasteiger partial charge on any atom is 0.221 e. The Kier molecular flexibility index (Phi) is 4.27. The molecule has 0 fully saturated rings. The largest absolute Gasteiger partial charge is 0.294 e. The van der Waals surface area contributed by atoms with Gasteiger partial charge in [-0.3, -0.25) is 4.79 Å². The Labute approximate surface area is 117 Å². The molecular formula is C17H14FNO. The lowest BCUT2D eigenvalue weighted by molar-refractivity contribution is 0.0953. The van der Waals surface area contributed by atoms with E-state index in [4.69, 9.17) is 5.26 Å². The Bertz CT molecular complexity index is 618. The lowest BCUT2D eigenvalue weighted by Crippen LogP contribution is -2.19. The van der Waals surface area contributed by atoms with E-state index in [1.807, 2.05) is 6.07 Å². The maximum absolute atomic E-state index is 14.6. The predicted molar refractivity (Wildman–Crippen MR) is 74.8 cm³/mol. The van der Waals surface area contributed by atoms with E-state index in [0.29, 0.717) is 11.1 Å². The van der Waals surface area contributed by atoms with Gasteiger partial charge in [0.15, 0.2) is 5.78 Å². The summed E-state index contributed by atoms with van der Waals surface area (Å²) in [5.41, 5.74) is -1.28. The minimum atomic E-state index is -2.12. The topological polar surface area (TPSA) is 40.9 Å². The van der Waals surface area contributed by atoms with Crippen molar-refractivity contribution in [3.05, 3.63) is 71.8 Å². The van der Waals surface area contributed by atoms with E-state index >= 15 is 0 Å². The van der Waals surface area contributed by atoms with Crippen molar-refractivity contribution < 1.29 is 9.18 Å². The van der Waals surface area contributed by atoms with Crippen molar-refractivity contribution in [3.63, 3.8) is 0 Å². The molecule has 2 aromatic rings. The molecule has 20 heavy (non-hydrogen) atoms. The van der Waals surface area contributed by atoms with Crippen molar-refractivity contribution in [3.8, 4) is 6.07 Å². The molecule has 0 amide bonds. The zero-order valence-corrected chi connectivity index (χ0v) is 10.9. The van der Waals surface area contributed by atoms with Crippen LogP contribution in [-0.4, -0.2) is 5.78 Å². The molecule has 0 aliphatic carbocycles. The molecular weight excluding hydrogens is 253 g/mol. The number of rotatable bonds is 5. The normalized spacial score (nSPS) is 13.2. The number of carbonyl (C=O) groups is 1. The van der Waals surface area contributed by atoms with E-state index in [0.717, 1.165) is 0 Å². The van der Waals surface area contributed by atoms with Crippen LogP contribution in [0.25, 0.3) is 0 Å². The van der Waals surface area contributed by atoms with E-state index in [9.17, 15) is 9.18 Å². The SMILES string of the molecule is N#CC(F)(CCC(=O)c1ccccc1)c1ccccc1. The van der Waals surface area contributed by atoms with Gasteiger partial charge in [-0.15, -0.1) is 0 Å². The number of carbonyl (C=O) groups excluding carboxylic acids is 1. The highest BCUT2D eigenvalue weighted by Crippen LogP contribution is 2.30. The van der Waals surface area contributed by atoms with Crippen LogP contribution in [0.2, 0.25) is 0 Å². The van der Waals surface area contributed by atoms with Gasteiger partial charge in [0.25, 0.3) is 0 Å². The second kappa shape index (κ2) is 6.12. The third-order valence-electron chi connectivity index (χ3n) is 3.20. The van der Waals surface area contributed by atoms with Crippen molar-refractivity contribution in [2.75, 3.05) is 0 Å². The summed E-state index contributed by atoms with van der Waals surface area (Å²) in [6.07, 6.45) is -0.135. The standard InChI is InChI=1S/C17H14FNO/c18-17(13-19,15-9-5-2-6-10-15)12-11-16(20)14-7-3-1-4-8-14/h1-10H,11-12H2. The van der Waals surface area contributed by atoms with Crippen LogP contribution in [0.15, 0.2) is 60.7 Å². The predicted octanol–water partition coefficient (Wildman–Crippen LogP) is 4.04. The highest BCUT2D eigenvalue weighted by Gasteiger charge is 2.32. The third-order valence-corrected chi connectivity index (χ3v) is 3.20. The zero-order chi connectivity index (χ0) is 14.4. The molecule has 2 rings (SSSR count). The van der Waals surface area contributed by atoms with Gasteiger partial charge in [0.1, 0.15) is 6.07 Å². The van der Waals surface area contributed by atoms with E-state index in [1.54, 1.807) is 60.7 Å². The molecule has 0 saturated carbocycles. The molecule has 0 heterocycles. The lowest BCUT2D eigenvalue weighted by atomic mass is 9.90. The number of hydrogen-bond acceptors (Lipinski definition) is 2. The Morgan fingerprint density at radius 3 is 2.15 bits per heavy atom. The van der Waals surface area contributed by atoms with Crippen molar-refractivity contribution in [2.24, 2.45) is 0 Å². The van der Waals surface area contributed by atoms with Crippen molar-refractivity contribution in [1.82, 2.24) is 0 Å². The number of hydrogen-bond donors (Lipinski definition) is 0. The average Bonchev–Trinajstić information content (AvgIpc) is 2.54. The summed E-state index contributed by atoms with van der Waals surface area (Å²) in [5, 5.41) is 9.09. The summed E-state index contributed by atoms with van der Waals surface area (Å²) in [5.74, 6) is -0.154. The Morgan fingerprint density at radius 2 is 1.60 bits per heavy atom. The van der Waals surface area contributed by atoms with Gasteiger partial charge in [-0.05, 0) is 0 Å². The van der Waals surface area contributed by atoms with Gasteiger partial charge in [0.2, 0.25) is 5.67 Å². The summed E-state index contributed by atoms with van der Waals surface area (Å²) in [6, 6.07) is 18.7. The van der Waals surface area contributed by atoms with Gasteiger partial charge in [-0.1, -0.05) is 60.7 Å². The highest BCUT2D eigenvalue weighted by atomic mass is 19.1. The summed E-state index contributed by atoms with van der Waals surface area (Å²) in [7, 11) is 0. The van der Waals surface area contributed by atoms with Crippen molar-refractivity contribution in [1.29, 1.82) is 5.26 Å². The number of ketones is 1. The third kappa shape index (κ3) is 3.10. The quantitative estimate of drug-likeness (QED) is 0.767. The van der Waals surface area contributed by atoms with Crippen LogP contribution in [0.4, 0.5) is 4.39 Å². The van der Waals surface area contributed by atoms with E-state index < -0.39 is 5.67 Å². The molecule has 100 valence electrons. The smallest absolute Gasteiger partial charge is 0.221 e. The number of nitriles is 1. The van der Waals surface area contributed by atoms with E-state index in [2.05, 4.69) is 0 Å². The Balaban J connectivity index is 2.09. The molecule has 3 heteroatoms. The summed E-state index contributed by atoms with van der Waals surface area (Å²) in [6.45, 7) is 0. The van der Waals surface area contributed by atoms with Gasteiger partial charge in [-0.2, -0.15) is 5.26 Å². The first-order valence-electron chi connectivity index (χ1n) is 6.40. The lowest BCUT2D eigenvalue weighted by Gasteiger charge is -2.17. The molecule has 2 nitrogen and oxygen atoms in total. The molecule has 0 saturated heterocycles. The summed E-state index contributed by atoms with van der Waals surface area (Å²) in [4.78, 5) is 12.0. The number of Topliss-reactive ketones (excluding diaryl/α,β-unsaturated/α-hetero) is 1. The first-order chi connectivity index (χ1) is 9.65. The van der Waals surface area contributed by atoms with Crippen LogP contribution >= 0.6 is 0 Å². The van der Waals surface area contributed by atoms with Crippen molar-refractivity contribution in [2.45, 2.75) is 18.5 Å². The second-order valence-electron chi connectivity index (χ2n) is 4.57. The molecule has 2 aromatic carbocycles. The van der Waals surface area contributed by atoms with Gasteiger partial charge in [0, 0.05) is 24.0 Å². The minimum absolute atomic E-state index is 0.00294. The van der Waals surface area contributed by atoms with Crippen LogP contribution in [0.1, 0.15) is 28.8 Å². The van der Waals surface area contributed by atoms with Crippen LogP contribution in [0, 0.1) is 11.3 Å². The number of benzene rings is 2. The van der Waals surface area contributed by atoms with Gasteiger partial charge < -0.3 is 0 Å².